The molecule has 1 aliphatic heterocycles. The minimum Gasteiger partial charge on any atom is -0.507 e. The van der Waals surface area contributed by atoms with Crippen LogP contribution >= 0.6 is 11.8 Å². The van der Waals surface area contributed by atoms with E-state index in [1.54, 1.807) is 24.9 Å². The molecule has 1 N–H and O–H groups in total. The molecule has 130 valence electrons. The molecule has 0 amide bonds. The quantitative estimate of drug-likeness (QED) is 0.645. The summed E-state index contributed by atoms with van der Waals surface area (Å²) in [5.41, 5.74) is 3.74. The number of benzene rings is 3. The first kappa shape index (κ1) is 16.7. The van der Waals surface area contributed by atoms with Gasteiger partial charge in [0, 0.05) is 27.7 Å². The third kappa shape index (κ3) is 3.20. The van der Waals surface area contributed by atoms with Crippen molar-refractivity contribution >= 4 is 23.2 Å². The highest BCUT2D eigenvalue weighted by atomic mass is 32.2. The summed E-state index contributed by atoms with van der Waals surface area (Å²) in [4.78, 5) is 6.03. The summed E-state index contributed by atoms with van der Waals surface area (Å²) in [6, 6.07) is 23.6. The van der Waals surface area contributed by atoms with E-state index in [0.29, 0.717) is 6.42 Å². The fourth-order valence-corrected chi connectivity index (χ4v) is 4.47. The average Bonchev–Trinajstić information content (AvgIpc) is 2.88. The van der Waals surface area contributed by atoms with Crippen molar-refractivity contribution in [3.63, 3.8) is 0 Å². The topological polar surface area (TPSA) is 41.8 Å². The maximum absolute atomic E-state index is 10.3. The molecule has 0 aliphatic carbocycles. The Bertz CT molecular complexity index is 968. The van der Waals surface area contributed by atoms with Gasteiger partial charge in [-0.15, -0.1) is 11.8 Å². The van der Waals surface area contributed by atoms with Crippen molar-refractivity contribution < 1.29 is 9.84 Å². The van der Waals surface area contributed by atoms with Crippen LogP contribution in [0.25, 0.3) is 0 Å². The molecule has 1 aliphatic rings. The molecule has 0 spiro atoms. The molecule has 0 fully saturated rings. The van der Waals surface area contributed by atoms with Gasteiger partial charge < -0.3 is 9.84 Å². The van der Waals surface area contributed by atoms with Gasteiger partial charge in [0.1, 0.15) is 11.5 Å². The van der Waals surface area contributed by atoms with E-state index in [1.165, 1.54) is 0 Å². The lowest BCUT2D eigenvalue weighted by atomic mass is 10.00. The molecule has 3 nitrogen and oxygen atoms in total. The van der Waals surface area contributed by atoms with Gasteiger partial charge in [-0.05, 0) is 30.3 Å². The zero-order chi connectivity index (χ0) is 17.9. The fourth-order valence-electron chi connectivity index (χ4n) is 3.20. The number of ether oxygens (including phenoxy) is 1. The van der Waals surface area contributed by atoms with Crippen LogP contribution in [-0.4, -0.2) is 17.9 Å². The van der Waals surface area contributed by atoms with Crippen molar-refractivity contribution in [3.8, 4) is 11.5 Å². The Morgan fingerprint density at radius 3 is 2.54 bits per heavy atom. The van der Waals surface area contributed by atoms with E-state index in [-0.39, 0.29) is 11.0 Å². The Labute approximate surface area is 157 Å². The zero-order valence-corrected chi connectivity index (χ0v) is 15.2. The second-order valence-electron chi connectivity index (χ2n) is 6.10. The van der Waals surface area contributed by atoms with Gasteiger partial charge in [0.15, 0.2) is 0 Å². The van der Waals surface area contributed by atoms with E-state index in [1.807, 2.05) is 54.6 Å². The number of nitrogens with zero attached hydrogens (tertiary/aromatic N) is 1. The number of hydrogen-bond acceptors (Lipinski definition) is 4. The average molecular weight is 361 g/mol. The molecule has 4 rings (SSSR count). The SMILES string of the molecule is COc1ccccc1[C@@H]1CC(c2ccccc2O)=Nc2ccccc2S1. The van der Waals surface area contributed by atoms with Gasteiger partial charge in [-0.25, -0.2) is 0 Å². The van der Waals surface area contributed by atoms with Crippen LogP contribution in [0.1, 0.15) is 22.8 Å². The summed E-state index contributed by atoms with van der Waals surface area (Å²) >= 11 is 1.79. The Kier molecular flexibility index (Phi) is 4.67. The summed E-state index contributed by atoms with van der Waals surface area (Å²) in [6.45, 7) is 0. The first-order chi connectivity index (χ1) is 12.8. The van der Waals surface area contributed by atoms with Crippen LogP contribution in [0.4, 0.5) is 5.69 Å². The van der Waals surface area contributed by atoms with Crippen molar-refractivity contribution in [1.82, 2.24) is 0 Å². The molecule has 3 aromatic rings. The van der Waals surface area contributed by atoms with Crippen molar-refractivity contribution in [3.05, 3.63) is 83.9 Å². The largest absolute Gasteiger partial charge is 0.507 e. The van der Waals surface area contributed by atoms with Gasteiger partial charge in [0.05, 0.1) is 18.5 Å². The molecular formula is C22H19NO2S. The fraction of sp³-hybridized carbons (Fsp3) is 0.136. The molecule has 0 aromatic heterocycles. The number of fused-ring (bicyclic) bond motifs is 1. The monoisotopic (exact) mass is 361 g/mol. The molecule has 1 heterocycles. The third-order valence-corrected chi connectivity index (χ3v) is 5.77. The number of methoxy groups -OCH3 is 1. The molecule has 3 aromatic carbocycles. The Morgan fingerprint density at radius 1 is 0.962 bits per heavy atom. The second-order valence-corrected chi connectivity index (χ2v) is 7.34. The molecule has 1 atom stereocenters. The Hall–Kier alpha value is -2.72. The number of phenols is 1. The Balaban J connectivity index is 1.85. The maximum atomic E-state index is 10.3. The van der Waals surface area contributed by atoms with Crippen LogP contribution in [0.2, 0.25) is 0 Å². The van der Waals surface area contributed by atoms with Crippen LogP contribution in [0.5, 0.6) is 11.5 Å². The highest BCUT2D eigenvalue weighted by molar-refractivity contribution is 7.99. The smallest absolute Gasteiger partial charge is 0.124 e. The standard InChI is InChI=1S/C22H19NO2S/c1-25-20-12-6-3-9-16(20)22-14-18(15-8-2-5-11-19(15)24)23-17-10-4-7-13-21(17)26-22/h2-13,22,24H,14H2,1H3/t22-/m0/s1. The number of aromatic hydroxyl groups is 1. The summed E-state index contributed by atoms with van der Waals surface area (Å²) in [5.74, 6) is 1.13. The number of rotatable bonds is 3. The molecule has 0 unspecified atom stereocenters. The zero-order valence-electron chi connectivity index (χ0n) is 14.4. The molecule has 26 heavy (non-hydrogen) atoms. The molecule has 0 saturated heterocycles. The normalized spacial score (nSPS) is 16.3. The van der Waals surface area contributed by atoms with Gasteiger partial charge in [-0.2, -0.15) is 0 Å². The number of phenolic OH excluding ortho intramolecular Hbond substituents is 1. The number of thioether (sulfide) groups is 1. The highest BCUT2D eigenvalue weighted by Crippen LogP contribution is 2.48. The molecule has 0 saturated carbocycles. The lowest BCUT2D eigenvalue weighted by molar-refractivity contribution is 0.409. The van der Waals surface area contributed by atoms with Crippen molar-refractivity contribution in [1.29, 1.82) is 0 Å². The van der Waals surface area contributed by atoms with Crippen LogP contribution in [0.3, 0.4) is 0 Å². The molecule has 4 heteroatoms. The van der Waals surface area contributed by atoms with Gasteiger partial charge in [-0.1, -0.05) is 42.5 Å². The lowest BCUT2D eigenvalue weighted by Crippen LogP contribution is -2.06. The van der Waals surface area contributed by atoms with E-state index in [2.05, 4.69) is 12.1 Å². The minimum absolute atomic E-state index is 0.146. The van der Waals surface area contributed by atoms with E-state index >= 15 is 0 Å². The second kappa shape index (κ2) is 7.26. The van der Waals surface area contributed by atoms with Crippen molar-refractivity contribution in [2.24, 2.45) is 4.99 Å². The van der Waals surface area contributed by atoms with Crippen molar-refractivity contribution in [2.45, 2.75) is 16.6 Å². The molecular weight excluding hydrogens is 342 g/mol. The van der Waals surface area contributed by atoms with Gasteiger partial charge >= 0.3 is 0 Å². The van der Waals surface area contributed by atoms with E-state index in [4.69, 9.17) is 9.73 Å². The first-order valence-corrected chi connectivity index (χ1v) is 9.39. The van der Waals surface area contributed by atoms with Gasteiger partial charge in [-0.3, -0.25) is 4.99 Å². The van der Waals surface area contributed by atoms with Crippen LogP contribution in [-0.2, 0) is 0 Å². The maximum Gasteiger partial charge on any atom is 0.124 e. The van der Waals surface area contributed by atoms with Gasteiger partial charge in [0.25, 0.3) is 0 Å². The van der Waals surface area contributed by atoms with Crippen LogP contribution in [0.15, 0.2) is 82.7 Å². The summed E-state index contributed by atoms with van der Waals surface area (Å²) in [6.07, 6.45) is 0.706. The lowest BCUT2D eigenvalue weighted by Gasteiger charge is -2.19. The van der Waals surface area contributed by atoms with E-state index in [9.17, 15) is 5.11 Å². The number of hydrogen-bond donors (Lipinski definition) is 1. The number of para-hydroxylation sites is 3. The summed E-state index contributed by atoms with van der Waals surface area (Å²) in [5, 5.41) is 10.5. The third-order valence-electron chi connectivity index (χ3n) is 4.47. The van der Waals surface area contributed by atoms with Crippen LogP contribution < -0.4 is 4.74 Å². The van der Waals surface area contributed by atoms with E-state index in [0.717, 1.165) is 33.2 Å². The predicted molar refractivity (Wildman–Crippen MR) is 107 cm³/mol. The highest BCUT2D eigenvalue weighted by Gasteiger charge is 2.25. The summed E-state index contributed by atoms with van der Waals surface area (Å²) < 4.78 is 5.59. The minimum atomic E-state index is 0.146. The predicted octanol–water partition coefficient (Wildman–Crippen LogP) is 5.76. The van der Waals surface area contributed by atoms with E-state index < -0.39 is 0 Å². The molecule has 0 bridgehead atoms. The number of aliphatic imine (C=N–C) groups is 1. The first-order valence-electron chi connectivity index (χ1n) is 8.51. The Morgan fingerprint density at radius 2 is 1.69 bits per heavy atom. The van der Waals surface area contributed by atoms with Gasteiger partial charge in [0.2, 0.25) is 0 Å². The van der Waals surface area contributed by atoms with Crippen LogP contribution in [0, 0.1) is 0 Å². The molecule has 0 radical (unpaired) electrons. The van der Waals surface area contributed by atoms with Crippen molar-refractivity contribution in [2.75, 3.05) is 7.11 Å². The summed E-state index contributed by atoms with van der Waals surface area (Å²) in [7, 11) is 1.70.